The van der Waals surface area contributed by atoms with Crippen LogP contribution in [0.4, 0.5) is 0 Å². The van der Waals surface area contributed by atoms with Gasteiger partial charge in [-0.25, -0.2) is 0 Å². The quantitative estimate of drug-likeness (QED) is 0.816. The monoisotopic (exact) mass is 388 g/mol. The summed E-state index contributed by atoms with van der Waals surface area (Å²) >= 11 is 0. The second kappa shape index (κ2) is 7.95. The van der Waals surface area contributed by atoms with Crippen LogP contribution in [0.3, 0.4) is 0 Å². The minimum Gasteiger partial charge on any atom is -0.352 e. The number of carbonyl (C=O) groups excluding carboxylic acids is 1. The molecule has 3 atom stereocenters. The Hall–Kier alpha value is -2.13. The first-order valence-electron chi connectivity index (χ1n) is 11.4. The Morgan fingerprint density at radius 3 is 2.34 bits per heavy atom. The second-order valence-corrected chi connectivity index (χ2v) is 9.42. The molecule has 2 aromatic carbocycles. The summed E-state index contributed by atoms with van der Waals surface area (Å²) < 4.78 is 0. The number of nitrogens with zero attached hydrogens (tertiary/aromatic N) is 1. The number of likely N-dealkylation sites (tertiary alicyclic amines) is 1. The average Bonchev–Trinajstić information content (AvgIpc) is 3.47. The van der Waals surface area contributed by atoms with Crippen molar-refractivity contribution in [1.82, 2.24) is 10.2 Å². The van der Waals surface area contributed by atoms with Crippen molar-refractivity contribution in [3.05, 3.63) is 71.8 Å². The number of carbonyl (C=O) groups is 1. The lowest BCUT2D eigenvalue weighted by molar-refractivity contribution is -0.127. The molecular formula is C26H32N2O. The van der Waals surface area contributed by atoms with E-state index in [0.717, 1.165) is 51.1 Å². The molecule has 0 unspecified atom stereocenters. The molecule has 2 aliphatic carbocycles. The van der Waals surface area contributed by atoms with E-state index in [1.807, 2.05) is 6.07 Å². The van der Waals surface area contributed by atoms with Gasteiger partial charge in [0.2, 0.25) is 5.91 Å². The zero-order valence-corrected chi connectivity index (χ0v) is 17.2. The maximum Gasteiger partial charge on any atom is 0.230 e. The van der Waals surface area contributed by atoms with Gasteiger partial charge in [-0.15, -0.1) is 0 Å². The highest BCUT2D eigenvalue weighted by Gasteiger charge is 2.47. The normalized spacial score (nSPS) is 28.3. The molecule has 1 heterocycles. The van der Waals surface area contributed by atoms with Gasteiger partial charge >= 0.3 is 0 Å². The third kappa shape index (κ3) is 3.61. The molecule has 29 heavy (non-hydrogen) atoms. The molecule has 3 nitrogen and oxygen atoms in total. The third-order valence-corrected chi connectivity index (χ3v) is 7.72. The fourth-order valence-corrected chi connectivity index (χ4v) is 6.20. The fraction of sp³-hybridized carbons (Fsp3) is 0.500. The van der Waals surface area contributed by atoms with Crippen molar-refractivity contribution < 1.29 is 4.79 Å². The molecule has 152 valence electrons. The van der Waals surface area contributed by atoms with Crippen LogP contribution in [-0.2, 0) is 16.8 Å². The molecule has 3 heteroatoms. The van der Waals surface area contributed by atoms with E-state index in [1.165, 1.54) is 24.1 Å². The first-order valence-corrected chi connectivity index (χ1v) is 11.4. The maximum absolute atomic E-state index is 13.6. The van der Waals surface area contributed by atoms with Crippen molar-refractivity contribution in [2.45, 2.75) is 56.5 Å². The third-order valence-electron chi connectivity index (χ3n) is 7.72. The van der Waals surface area contributed by atoms with Gasteiger partial charge < -0.3 is 5.32 Å². The predicted molar refractivity (Wildman–Crippen MR) is 116 cm³/mol. The SMILES string of the molecule is O=C(N[C@@H]1CC[C@H]2CN(Cc3ccccc3)C[C@H]21)C1(c2ccccc2)CCCC1. The molecule has 0 aromatic heterocycles. The molecule has 2 aromatic rings. The zero-order valence-electron chi connectivity index (χ0n) is 17.2. The van der Waals surface area contributed by atoms with Crippen LogP contribution in [0.25, 0.3) is 0 Å². The van der Waals surface area contributed by atoms with Crippen molar-refractivity contribution in [1.29, 1.82) is 0 Å². The largest absolute Gasteiger partial charge is 0.352 e. The van der Waals surface area contributed by atoms with E-state index in [0.29, 0.717) is 12.0 Å². The Kier molecular flexibility index (Phi) is 5.17. The van der Waals surface area contributed by atoms with Crippen molar-refractivity contribution in [3.63, 3.8) is 0 Å². The first kappa shape index (κ1) is 18.9. The Morgan fingerprint density at radius 1 is 0.931 bits per heavy atom. The Bertz CT molecular complexity index is 828. The number of fused-ring (bicyclic) bond motifs is 1. The summed E-state index contributed by atoms with van der Waals surface area (Å²) in [4.78, 5) is 16.1. The van der Waals surface area contributed by atoms with Gasteiger partial charge in [-0.2, -0.15) is 0 Å². The molecule has 3 aliphatic rings. The summed E-state index contributed by atoms with van der Waals surface area (Å²) in [6, 6.07) is 21.6. The average molecular weight is 389 g/mol. The summed E-state index contributed by atoms with van der Waals surface area (Å²) in [5.41, 5.74) is 2.30. The van der Waals surface area contributed by atoms with E-state index in [4.69, 9.17) is 0 Å². The standard InChI is InChI=1S/C26H32N2O/c29-25(26(15-7-8-16-26)22-11-5-2-6-12-22)27-24-14-13-21-18-28(19-23(21)24)17-20-9-3-1-4-10-20/h1-6,9-12,21,23-24H,7-8,13-19H2,(H,27,29)/t21-,23+,24+/m0/s1. The smallest absolute Gasteiger partial charge is 0.230 e. The summed E-state index contributed by atoms with van der Waals surface area (Å²) in [5.74, 6) is 1.63. The number of rotatable bonds is 5. The molecular weight excluding hydrogens is 356 g/mol. The predicted octanol–water partition coefficient (Wildman–Crippen LogP) is 4.53. The second-order valence-electron chi connectivity index (χ2n) is 9.42. The molecule has 0 bridgehead atoms. The molecule has 1 aliphatic heterocycles. The lowest BCUT2D eigenvalue weighted by atomic mass is 9.77. The Morgan fingerprint density at radius 2 is 1.62 bits per heavy atom. The van der Waals surface area contributed by atoms with E-state index >= 15 is 0 Å². The maximum atomic E-state index is 13.6. The van der Waals surface area contributed by atoms with Gasteiger partial charge in [-0.3, -0.25) is 9.69 Å². The van der Waals surface area contributed by atoms with Crippen LogP contribution in [0.15, 0.2) is 60.7 Å². The molecule has 3 fully saturated rings. The van der Waals surface area contributed by atoms with Crippen LogP contribution in [-0.4, -0.2) is 29.9 Å². The fourth-order valence-electron chi connectivity index (χ4n) is 6.20. The van der Waals surface area contributed by atoms with Crippen LogP contribution in [0.5, 0.6) is 0 Å². The number of hydrogen-bond donors (Lipinski definition) is 1. The molecule has 5 rings (SSSR count). The van der Waals surface area contributed by atoms with E-state index in [2.05, 4.69) is 64.8 Å². The van der Waals surface area contributed by atoms with Crippen LogP contribution in [0.2, 0.25) is 0 Å². The number of benzene rings is 2. The van der Waals surface area contributed by atoms with Crippen molar-refractivity contribution >= 4 is 5.91 Å². The van der Waals surface area contributed by atoms with Crippen LogP contribution in [0.1, 0.15) is 49.7 Å². The number of nitrogens with one attached hydrogen (secondary N) is 1. The minimum atomic E-state index is -0.304. The van der Waals surface area contributed by atoms with Gasteiger partial charge in [0.15, 0.2) is 0 Å². The van der Waals surface area contributed by atoms with E-state index in [-0.39, 0.29) is 11.3 Å². The number of hydrogen-bond acceptors (Lipinski definition) is 2. The van der Waals surface area contributed by atoms with Gasteiger partial charge in [-0.1, -0.05) is 73.5 Å². The Balaban J connectivity index is 1.27. The van der Waals surface area contributed by atoms with Gasteiger partial charge in [0, 0.05) is 25.7 Å². The summed E-state index contributed by atoms with van der Waals surface area (Å²) in [6.07, 6.45) is 6.69. The highest BCUT2D eigenvalue weighted by molar-refractivity contribution is 5.88. The molecule has 1 N–H and O–H groups in total. The van der Waals surface area contributed by atoms with Gasteiger partial charge in [0.05, 0.1) is 5.41 Å². The van der Waals surface area contributed by atoms with Gasteiger partial charge in [0.25, 0.3) is 0 Å². The zero-order chi connectivity index (χ0) is 19.7. The van der Waals surface area contributed by atoms with Crippen LogP contribution >= 0.6 is 0 Å². The van der Waals surface area contributed by atoms with Crippen molar-refractivity contribution in [3.8, 4) is 0 Å². The van der Waals surface area contributed by atoms with Crippen molar-refractivity contribution in [2.75, 3.05) is 13.1 Å². The molecule has 1 amide bonds. The van der Waals surface area contributed by atoms with Crippen LogP contribution < -0.4 is 5.32 Å². The van der Waals surface area contributed by atoms with Gasteiger partial charge in [0.1, 0.15) is 0 Å². The lowest BCUT2D eigenvalue weighted by Crippen LogP contribution is -2.48. The molecule has 0 spiro atoms. The summed E-state index contributed by atoms with van der Waals surface area (Å²) in [5, 5.41) is 3.55. The molecule has 1 saturated heterocycles. The topological polar surface area (TPSA) is 32.3 Å². The van der Waals surface area contributed by atoms with E-state index in [9.17, 15) is 4.79 Å². The van der Waals surface area contributed by atoms with E-state index < -0.39 is 0 Å². The Labute approximate surface area is 174 Å². The van der Waals surface area contributed by atoms with Crippen LogP contribution in [0, 0.1) is 11.8 Å². The van der Waals surface area contributed by atoms with Crippen molar-refractivity contribution in [2.24, 2.45) is 11.8 Å². The molecule has 2 saturated carbocycles. The molecule has 0 radical (unpaired) electrons. The number of amides is 1. The highest BCUT2D eigenvalue weighted by atomic mass is 16.2. The highest BCUT2D eigenvalue weighted by Crippen LogP contribution is 2.43. The van der Waals surface area contributed by atoms with E-state index in [1.54, 1.807) is 0 Å². The summed E-state index contributed by atoms with van der Waals surface area (Å²) in [6.45, 7) is 3.32. The minimum absolute atomic E-state index is 0.286. The van der Waals surface area contributed by atoms with Gasteiger partial charge in [-0.05, 0) is 48.6 Å². The lowest BCUT2D eigenvalue weighted by Gasteiger charge is -2.31. The first-order chi connectivity index (χ1) is 14.2. The summed E-state index contributed by atoms with van der Waals surface area (Å²) in [7, 11) is 0.